The SMILES string of the molecule is CC1(C)C(O)CCN1C(=O)Nc1ccccc1. The van der Waals surface area contributed by atoms with Crippen LogP contribution in [0.4, 0.5) is 10.5 Å². The molecule has 1 aromatic rings. The second-order valence-corrected chi connectivity index (χ2v) is 4.91. The molecule has 0 aliphatic carbocycles. The Morgan fingerprint density at radius 3 is 2.59 bits per heavy atom. The van der Waals surface area contributed by atoms with Gasteiger partial charge in [0.15, 0.2) is 0 Å². The van der Waals surface area contributed by atoms with Crippen molar-refractivity contribution in [3.63, 3.8) is 0 Å². The number of aliphatic hydroxyl groups excluding tert-OH is 1. The number of para-hydroxylation sites is 1. The second kappa shape index (κ2) is 4.37. The molecule has 4 heteroatoms. The number of benzene rings is 1. The molecule has 1 aliphatic rings. The average molecular weight is 234 g/mol. The van der Waals surface area contributed by atoms with Crippen molar-refractivity contribution in [1.29, 1.82) is 0 Å². The number of carbonyl (C=O) groups excluding carboxylic acids is 1. The number of rotatable bonds is 1. The fourth-order valence-corrected chi connectivity index (χ4v) is 2.15. The van der Waals surface area contributed by atoms with Gasteiger partial charge < -0.3 is 15.3 Å². The number of hydrogen-bond acceptors (Lipinski definition) is 2. The average Bonchev–Trinajstić information content (AvgIpc) is 2.55. The molecule has 17 heavy (non-hydrogen) atoms. The van der Waals surface area contributed by atoms with Crippen LogP contribution in [0.2, 0.25) is 0 Å². The highest BCUT2D eigenvalue weighted by atomic mass is 16.3. The summed E-state index contributed by atoms with van der Waals surface area (Å²) in [5.74, 6) is 0. The topological polar surface area (TPSA) is 52.6 Å². The quantitative estimate of drug-likeness (QED) is 0.781. The lowest BCUT2D eigenvalue weighted by Gasteiger charge is -2.33. The van der Waals surface area contributed by atoms with Crippen LogP contribution < -0.4 is 5.32 Å². The molecular weight excluding hydrogens is 216 g/mol. The predicted molar refractivity (Wildman–Crippen MR) is 66.9 cm³/mol. The van der Waals surface area contributed by atoms with Crippen molar-refractivity contribution in [2.24, 2.45) is 0 Å². The molecule has 2 amide bonds. The van der Waals surface area contributed by atoms with E-state index in [1.54, 1.807) is 4.90 Å². The summed E-state index contributed by atoms with van der Waals surface area (Å²) in [5.41, 5.74) is 0.272. The normalized spacial score (nSPS) is 22.5. The maximum atomic E-state index is 12.1. The third kappa shape index (κ3) is 2.26. The van der Waals surface area contributed by atoms with E-state index >= 15 is 0 Å². The number of amides is 2. The molecule has 1 unspecified atom stereocenters. The van der Waals surface area contributed by atoms with E-state index in [4.69, 9.17) is 0 Å². The summed E-state index contributed by atoms with van der Waals surface area (Å²) >= 11 is 0. The zero-order chi connectivity index (χ0) is 12.5. The molecule has 1 aliphatic heterocycles. The van der Waals surface area contributed by atoms with Crippen molar-refractivity contribution >= 4 is 11.7 Å². The van der Waals surface area contributed by atoms with Crippen molar-refractivity contribution in [2.75, 3.05) is 11.9 Å². The predicted octanol–water partition coefficient (Wildman–Crippen LogP) is 2.06. The van der Waals surface area contributed by atoms with Gasteiger partial charge in [0.05, 0.1) is 11.6 Å². The van der Waals surface area contributed by atoms with Crippen LogP contribution in [0, 0.1) is 0 Å². The van der Waals surface area contributed by atoms with E-state index in [2.05, 4.69) is 5.32 Å². The van der Waals surface area contributed by atoms with Gasteiger partial charge in [0.25, 0.3) is 0 Å². The summed E-state index contributed by atoms with van der Waals surface area (Å²) in [5, 5.41) is 12.7. The van der Waals surface area contributed by atoms with Crippen molar-refractivity contribution < 1.29 is 9.90 Å². The molecule has 2 rings (SSSR count). The van der Waals surface area contributed by atoms with Crippen molar-refractivity contribution in [3.05, 3.63) is 30.3 Å². The van der Waals surface area contributed by atoms with E-state index < -0.39 is 11.6 Å². The molecule has 0 saturated carbocycles. The minimum Gasteiger partial charge on any atom is -0.391 e. The van der Waals surface area contributed by atoms with Crippen LogP contribution in [0.15, 0.2) is 30.3 Å². The maximum Gasteiger partial charge on any atom is 0.322 e. The van der Waals surface area contributed by atoms with Gasteiger partial charge in [0.2, 0.25) is 0 Å². The first kappa shape index (κ1) is 11.9. The number of hydrogen-bond donors (Lipinski definition) is 2. The highest BCUT2D eigenvalue weighted by Gasteiger charge is 2.42. The molecule has 1 aromatic carbocycles. The van der Waals surface area contributed by atoms with E-state index in [1.165, 1.54) is 0 Å². The van der Waals surface area contributed by atoms with Gasteiger partial charge in [-0.05, 0) is 32.4 Å². The second-order valence-electron chi connectivity index (χ2n) is 4.91. The zero-order valence-corrected chi connectivity index (χ0v) is 10.2. The molecule has 92 valence electrons. The molecule has 2 N–H and O–H groups in total. The number of aliphatic hydroxyl groups is 1. The Labute approximate surface area is 101 Å². The Balaban J connectivity index is 2.07. The minimum absolute atomic E-state index is 0.155. The van der Waals surface area contributed by atoms with E-state index in [1.807, 2.05) is 44.2 Å². The minimum atomic E-state index is -0.501. The van der Waals surface area contributed by atoms with Gasteiger partial charge in [-0.3, -0.25) is 0 Å². The summed E-state index contributed by atoms with van der Waals surface area (Å²) in [6.45, 7) is 4.36. The summed E-state index contributed by atoms with van der Waals surface area (Å²) in [4.78, 5) is 13.8. The van der Waals surface area contributed by atoms with Gasteiger partial charge in [-0.25, -0.2) is 4.79 Å². The van der Waals surface area contributed by atoms with Crippen LogP contribution in [0.3, 0.4) is 0 Å². The van der Waals surface area contributed by atoms with Gasteiger partial charge in [0.1, 0.15) is 0 Å². The van der Waals surface area contributed by atoms with Crippen LogP contribution >= 0.6 is 0 Å². The highest BCUT2D eigenvalue weighted by molar-refractivity contribution is 5.90. The number of likely N-dealkylation sites (tertiary alicyclic amines) is 1. The van der Waals surface area contributed by atoms with E-state index in [0.29, 0.717) is 13.0 Å². The zero-order valence-electron chi connectivity index (χ0n) is 10.2. The Bertz CT molecular complexity index is 403. The van der Waals surface area contributed by atoms with Gasteiger partial charge in [-0.2, -0.15) is 0 Å². The molecule has 0 aromatic heterocycles. The molecule has 0 radical (unpaired) electrons. The molecule has 1 saturated heterocycles. The van der Waals surface area contributed by atoms with Crippen molar-refractivity contribution in [1.82, 2.24) is 4.90 Å². The van der Waals surface area contributed by atoms with Gasteiger partial charge in [-0.1, -0.05) is 18.2 Å². The number of nitrogens with zero attached hydrogens (tertiary/aromatic N) is 1. The van der Waals surface area contributed by atoms with E-state index in [9.17, 15) is 9.90 Å². The summed E-state index contributed by atoms with van der Waals surface area (Å²) in [7, 11) is 0. The van der Waals surface area contributed by atoms with Crippen LogP contribution in [0.1, 0.15) is 20.3 Å². The Morgan fingerprint density at radius 1 is 1.41 bits per heavy atom. The first-order valence-corrected chi connectivity index (χ1v) is 5.83. The Kier molecular flexibility index (Phi) is 3.07. The lowest BCUT2D eigenvalue weighted by Crippen LogP contribution is -2.49. The lowest BCUT2D eigenvalue weighted by molar-refractivity contribution is 0.0733. The van der Waals surface area contributed by atoms with Crippen LogP contribution in [-0.2, 0) is 0 Å². The fourth-order valence-electron chi connectivity index (χ4n) is 2.15. The third-order valence-electron chi connectivity index (χ3n) is 3.41. The summed E-state index contributed by atoms with van der Waals surface area (Å²) < 4.78 is 0. The fraction of sp³-hybridized carbons (Fsp3) is 0.462. The molecule has 0 bridgehead atoms. The molecule has 1 atom stereocenters. The monoisotopic (exact) mass is 234 g/mol. The first-order valence-electron chi connectivity index (χ1n) is 5.83. The number of nitrogens with one attached hydrogen (secondary N) is 1. The highest BCUT2D eigenvalue weighted by Crippen LogP contribution is 2.29. The summed E-state index contributed by atoms with van der Waals surface area (Å²) in [6, 6.07) is 9.19. The van der Waals surface area contributed by atoms with Crippen LogP contribution in [0.5, 0.6) is 0 Å². The smallest absolute Gasteiger partial charge is 0.322 e. The first-order chi connectivity index (χ1) is 8.01. The van der Waals surface area contributed by atoms with Gasteiger partial charge in [0, 0.05) is 12.2 Å². The van der Waals surface area contributed by atoms with Gasteiger partial charge >= 0.3 is 6.03 Å². The number of carbonyl (C=O) groups is 1. The van der Waals surface area contributed by atoms with Crippen LogP contribution in [-0.4, -0.2) is 34.2 Å². The Morgan fingerprint density at radius 2 is 2.06 bits per heavy atom. The van der Waals surface area contributed by atoms with Crippen LogP contribution in [0.25, 0.3) is 0 Å². The number of urea groups is 1. The van der Waals surface area contributed by atoms with Gasteiger partial charge in [-0.15, -0.1) is 0 Å². The number of anilines is 1. The molecule has 1 fully saturated rings. The lowest BCUT2D eigenvalue weighted by atomic mass is 9.99. The standard InChI is InChI=1S/C13H18N2O2/c1-13(2)11(16)8-9-15(13)12(17)14-10-6-4-3-5-7-10/h3-7,11,16H,8-9H2,1-2H3,(H,14,17). The summed E-state index contributed by atoms with van der Waals surface area (Å²) in [6.07, 6.45) is 0.180. The molecular formula is C13H18N2O2. The van der Waals surface area contributed by atoms with Crippen molar-refractivity contribution in [2.45, 2.75) is 31.9 Å². The van der Waals surface area contributed by atoms with E-state index in [-0.39, 0.29) is 6.03 Å². The Hall–Kier alpha value is -1.55. The molecule has 4 nitrogen and oxygen atoms in total. The molecule has 0 spiro atoms. The van der Waals surface area contributed by atoms with E-state index in [0.717, 1.165) is 5.69 Å². The van der Waals surface area contributed by atoms with Crippen molar-refractivity contribution in [3.8, 4) is 0 Å². The third-order valence-corrected chi connectivity index (χ3v) is 3.41. The maximum absolute atomic E-state index is 12.1. The largest absolute Gasteiger partial charge is 0.391 e. The molecule has 1 heterocycles.